The number of imide groups is 2. The van der Waals surface area contributed by atoms with Crippen LogP contribution in [0.25, 0.3) is 0 Å². The summed E-state index contributed by atoms with van der Waals surface area (Å²) in [5, 5.41) is 2.13. The number of nitrogens with one attached hydrogen (secondary N) is 1. The average molecular weight is 281 g/mol. The van der Waals surface area contributed by atoms with Gasteiger partial charge in [-0.15, -0.1) is 0 Å². The predicted molar refractivity (Wildman–Crippen MR) is 64.9 cm³/mol. The monoisotopic (exact) mass is 281 g/mol. The van der Waals surface area contributed by atoms with Crippen LogP contribution in [0.4, 0.5) is 0 Å². The first-order chi connectivity index (χ1) is 9.40. The van der Waals surface area contributed by atoms with Crippen molar-refractivity contribution in [2.75, 3.05) is 13.1 Å². The zero-order valence-corrected chi connectivity index (χ0v) is 11.0. The Labute approximate surface area is 115 Å². The number of likely N-dealkylation sites (tertiary alicyclic amines) is 1. The summed E-state index contributed by atoms with van der Waals surface area (Å²) in [5.41, 5.74) is 0. The van der Waals surface area contributed by atoms with Gasteiger partial charge in [-0.05, 0) is 6.92 Å². The first kappa shape index (κ1) is 14.2. The first-order valence-electron chi connectivity index (χ1n) is 6.36. The lowest BCUT2D eigenvalue weighted by Gasteiger charge is -2.32. The van der Waals surface area contributed by atoms with Crippen LogP contribution in [0.2, 0.25) is 0 Å². The van der Waals surface area contributed by atoms with Crippen molar-refractivity contribution in [3.8, 4) is 0 Å². The molecule has 108 valence electrons. The fourth-order valence-corrected chi connectivity index (χ4v) is 2.24. The molecule has 0 aromatic carbocycles. The van der Waals surface area contributed by atoms with Crippen LogP contribution >= 0.6 is 0 Å². The van der Waals surface area contributed by atoms with Crippen molar-refractivity contribution in [1.82, 2.24) is 15.1 Å². The number of carbonyl (C=O) groups excluding carboxylic acids is 5. The van der Waals surface area contributed by atoms with Gasteiger partial charge in [-0.2, -0.15) is 0 Å². The van der Waals surface area contributed by atoms with Gasteiger partial charge in [0.15, 0.2) is 0 Å². The van der Waals surface area contributed by atoms with Gasteiger partial charge in [0.25, 0.3) is 0 Å². The van der Waals surface area contributed by atoms with Crippen LogP contribution in [0.3, 0.4) is 0 Å². The lowest BCUT2D eigenvalue weighted by Crippen LogP contribution is -2.58. The third-order valence-corrected chi connectivity index (χ3v) is 3.45. The van der Waals surface area contributed by atoms with E-state index in [2.05, 4.69) is 5.32 Å². The van der Waals surface area contributed by atoms with E-state index >= 15 is 0 Å². The zero-order valence-electron chi connectivity index (χ0n) is 11.0. The van der Waals surface area contributed by atoms with Gasteiger partial charge in [0.1, 0.15) is 12.6 Å². The SMILES string of the molecule is CC1C(=O)NC(=O)CN1C(=O)CCN1C(=O)CCC1=O. The predicted octanol–water partition coefficient (Wildman–Crippen LogP) is -1.60. The summed E-state index contributed by atoms with van der Waals surface area (Å²) < 4.78 is 0. The fraction of sp³-hybridized carbons (Fsp3) is 0.583. The van der Waals surface area contributed by atoms with Gasteiger partial charge in [-0.25, -0.2) is 0 Å². The number of amides is 5. The molecule has 2 fully saturated rings. The minimum atomic E-state index is -0.731. The summed E-state index contributed by atoms with van der Waals surface area (Å²) in [6.07, 6.45) is 0.268. The van der Waals surface area contributed by atoms with Crippen LogP contribution in [0.15, 0.2) is 0 Å². The second kappa shape index (κ2) is 5.40. The van der Waals surface area contributed by atoms with Gasteiger partial charge < -0.3 is 4.90 Å². The molecule has 0 bridgehead atoms. The standard InChI is InChI=1S/C12H15N3O5/c1-7-12(20)13-8(16)6-15(7)11(19)4-5-14-9(17)2-3-10(14)18/h7H,2-6H2,1H3,(H,13,16,20). The number of hydrogen-bond acceptors (Lipinski definition) is 5. The zero-order chi connectivity index (χ0) is 14.9. The summed E-state index contributed by atoms with van der Waals surface area (Å²) in [4.78, 5) is 59.7. The van der Waals surface area contributed by atoms with Crippen molar-refractivity contribution in [3.05, 3.63) is 0 Å². The van der Waals surface area contributed by atoms with Gasteiger partial charge in [-0.3, -0.25) is 34.2 Å². The van der Waals surface area contributed by atoms with E-state index in [0.29, 0.717) is 0 Å². The number of hydrogen-bond donors (Lipinski definition) is 1. The van der Waals surface area contributed by atoms with E-state index in [1.807, 2.05) is 0 Å². The maximum absolute atomic E-state index is 12.0. The summed E-state index contributed by atoms with van der Waals surface area (Å²) >= 11 is 0. The van der Waals surface area contributed by atoms with Crippen LogP contribution in [-0.4, -0.2) is 58.5 Å². The summed E-state index contributed by atoms with van der Waals surface area (Å²) in [6.45, 7) is 1.33. The molecule has 0 aliphatic carbocycles. The maximum atomic E-state index is 12.0. The highest BCUT2D eigenvalue weighted by molar-refractivity contribution is 6.04. The second-order valence-corrected chi connectivity index (χ2v) is 4.80. The molecule has 0 aromatic rings. The van der Waals surface area contributed by atoms with E-state index in [-0.39, 0.29) is 44.2 Å². The highest BCUT2D eigenvalue weighted by Gasteiger charge is 2.34. The van der Waals surface area contributed by atoms with Crippen molar-refractivity contribution in [2.45, 2.75) is 32.2 Å². The quantitative estimate of drug-likeness (QED) is 0.627. The van der Waals surface area contributed by atoms with Crippen molar-refractivity contribution in [2.24, 2.45) is 0 Å². The summed E-state index contributed by atoms with van der Waals surface area (Å²) in [7, 11) is 0. The Morgan fingerprint density at radius 3 is 2.40 bits per heavy atom. The molecule has 2 saturated heterocycles. The molecule has 1 unspecified atom stereocenters. The third-order valence-electron chi connectivity index (χ3n) is 3.45. The van der Waals surface area contributed by atoms with Gasteiger partial charge >= 0.3 is 0 Å². The Balaban J connectivity index is 1.94. The molecule has 1 N–H and O–H groups in total. The molecule has 8 nitrogen and oxygen atoms in total. The minimum Gasteiger partial charge on any atom is -0.322 e. The highest BCUT2D eigenvalue weighted by atomic mass is 16.2. The van der Waals surface area contributed by atoms with E-state index in [1.165, 1.54) is 6.92 Å². The van der Waals surface area contributed by atoms with Gasteiger partial charge in [0, 0.05) is 25.8 Å². The summed E-state index contributed by atoms with van der Waals surface area (Å²) in [6, 6.07) is -0.731. The van der Waals surface area contributed by atoms with Crippen molar-refractivity contribution >= 4 is 29.5 Å². The first-order valence-corrected chi connectivity index (χ1v) is 6.36. The molecular formula is C12H15N3O5. The molecular weight excluding hydrogens is 266 g/mol. The number of nitrogens with zero attached hydrogens (tertiary/aromatic N) is 2. The Morgan fingerprint density at radius 1 is 1.20 bits per heavy atom. The van der Waals surface area contributed by atoms with Crippen molar-refractivity contribution in [1.29, 1.82) is 0 Å². The van der Waals surface area contributed by atoms with Crippen LogP contribution < -0.4 is 5.32 Å². The van der Waals surface area contributed by atoms with Crippen LogP contribution in [0, 0.1) is 0 Å². The molecule has 1 atom stereocenters. The smallest absolute Gasteiger partial charge is 0.249 e. The molecule has 0 spiro atoms. The molecule has 2 aliphatic heterocycles. The molecule has 2 rings (SSSR count). The van der Waals surface area contributed by atoms with Gasteiger partial charge in [0.05, 0.1) is 0 Å². The van der Waals surface area contributed by atoms with E-state index in [1.54, 1.807) is 0 Å². The van der Waals surface area contributed by atoms with Crippen LogP contribution in [0.1, 0.15) is 26.2 Å². The largest absolute Gasteiger partial charge is 0.322 e. The Morgan fingerprint density at radius 2 is 1.80 bits per heavy atom. The Kier molecular flexibility index (Phi) is 3.82. The van der Waals surface area contributed by atoms with Crippen LogP contribution in [0.5, 0.6) is 0 Å². The number of carbonyl (C=O) groups is 5. The molecule has 20 heavy (non-hydrogen) atoms. The molecule has 0 radical (unpaired) electrons. The Hall–Kier alpha value is -2.25. The van der Waals surface area contributed by atoms with E-state index in [4.69, 9.17) is 0 Å². The molecule has 2 aliphatic rings. The normalized spacial score (nSPS) is 23.4. The fourth-order valence-electron chi connectivity index (χ4n) is 2.24. The Bertz CT molecular complexity index is 485. The third kappa shape index (κ3) is 2.68. The van der Waals surface area contributed by atoms with E-state index in [0.717, 1.165) is 9.80 Å². The maximum Gasteiger partial charge on any atom is 0.249 e. The topological polar surface area (TPSA) is 104 Å². The van der Waals surface area contributed by atoms with Crippen LogP contribution in [-0.2, 0) is 24.0 Å². The number of rotatable bonds is 3. The molecule has 5 amide bonds. The second-order valence-electron chi connectivity index (χ2n) is 4.80. The van der Waals surface area contributed by atoms with Crippen molar-refractivity contribution < 1.29 is 24.0 Å². The van der Waals surface area contributed by atoms with E-state index < -0.39 is 23.8 Å². The average Bonchev–Trinajstić information content (AvgIpc) is 2.70. The molecule has 8 heteroatoms. The van der Waals surface area contributed by atoms with E-state index in [9.17, 15) is 24.0 Å². The number of piperazine rings is 1. The highest BCUT2D eigenvalue weighted by Crippen LogP contribution is 2.13. The molecule has 0 aromatic heterocycles. The van der Waals surface area contributed by atoms with Gasteiger partial charge in [0.2, 0.25) is 29.5 Å². The van der Waals surface area contributed by atoms with Crippen molar-refractivity contribution in [3.63, 3.8) is 0 Å². The molecule has 2 heterocycles. The molecule has 0 saturated carbocycles. The van der Waals surface area contributed by atoms with Gasteiger partial charge in [-0.1, -0.05) is 0 Å². The summed E-state index contributed by atoms with van der Waals surface area (Å²) in [5.74, 6) is -2.06. The minimum absolute atomic E-state index is 0.00443. The lowest BCUT2D eigenvalue weighted by molar-refractivity contribution is -0.150. The lowest BCUT2D eigenvalue weighted by atomic mass is 10.2.